The molecule has 2 atom stereocenters. The monoisotopic (exact) mass is 314 g/mol. The Labute approximate surface area is 136 Å². The standard InChI is InChI=1S/C19H19ClO2/c20-17-8-6-16(7-9-17)19-13-14(10-11-22-19)12-18(21)15-4-2-1-3-5-15/h1-9,14,19H,10-13H2/t14-,19-/m1/s1. The maximum absolute atomic E-state index is 12.3. The van der Waals surface area contributed by atoms with Crippen LogP contribution in [0.3, 0.4) is 0 Å². The van der Waals surface area contributed by atoms with Gasteiger partial charge in [-0.05, 0) is 36.5 Å². The molecule has 2 aromatic carbocycles. The van der Waals surface area contributed by atoms with Crippen LogP contribution >= 0.6 is 11.6 Å². The van der Waals surface area contributed by atoms with E-state index in [0.717, 1.165) is 29.0 Å². The van der Waals surface area contributed by atoms with E-state index in [1.807, 2.05) is 54.6 Å². The molecule has 3 rings (SSSR count). The molecule has 2 nitrogen and oxygen atoms in total. The van der Waals surface area contributed by atoms with Crippen molar-refractivity contribution in [2.45, 2.75) is 25.4 Å². The van der Waals surface area contributed by atoms with Crippen molar-refractivity contribution in [1.82, 2.24) is 0 Å². The summed E-state index contributed by atoms with van der Waals surface area (Å²) in [7, 11) is 0. The van der Waals surface area contributed by atoms with E-state index in [1.54, 1.807) is 0 Å². The highest BCUT2D eigenvalue weighted by atomic mass is 35.5. The van der Waals surface area contributed by atoms with E-state index in [1.165, 1.54) is 0 Å². The Morgan fingerprint density at radius 1 is 1.09 bits per heavy atom. The van der Waals surface area contributed by atoms with Crippen molar-refractivity contribution < 1.29 is 9.53 Å². The topological polar surface area (TPSA) is 26.3 Å². The van der Waals surface area contributed by atoms with Crippen LogP contribution in [-0.4, -0.2) is 12.4 Å². The Hall–Kier alpha value is -1.64. The molecule has 0 amide bonds. The van der Waals surface area contributed by atoms with Crippen LogP contribution in [0.2, 0.25) is 5.02 Å². The zero-order valence-electron chi connectivity index (χ0n) is 12.4. The van der Waals surface area contributed by atoms with Crippen molar-refractivity contribution in [1.29, 1.82) is 0 Å². The van der Waals surface area contributed by atoms with Gasteiger partial charge in [0.2, 0.25) is 0 Å². The Kier molecular flexibility index (Phi) is 4.91. The van der Waals surface area contributed by atoms with Gasteiger partial charge in [-0.2, -0.15) is 0 Å². The van der Waals surface area contributed by atoms with Gasteiger partial charge in [-0.25, -0.2) is 0 Å². The zero-order valence-corrected chi connectivity index (χ0v) is 13.1. The third kappa shape index (κ3) is 3.76. The summed E-state index contributed by atoms with van der Waals surface area (Å²) >= 11 is 5.93. The number of carbonyl (C=O) groups is 1. The van der Waals surface area contributed by atoms with Crippen molar-refractivity contribution >= 4 is 17.4 Å². The fourth-order valence-electron chi connectivity index (χ4n) is 2.96. The molecular weight excluding hydrogens is 296 g/mol. The van der Waals surface area contributed by atoms with Crippen LogP contribution in [0, 0.1) is 5.92 Å². The SMILES string of the molecule is O=C(C[C@H]1CCO[C@@H](c2ccc(Cl)cc2)C1)c1ccccc1. The predicted octanol–water partition coefficient (Wildman–Crippen LogP) is 5.08. The Morgan fingerprint density at radius 2 is 1.82 bits per heavy atom. The number of benzene rings is 2. The van der Waals surface area contributed by atoms with Gasteiger partial charge in [0.05, 0.1) is 6.10 Å². The Morgan fingerprint density at radius 3 is 2.55 bits per heavy atom. The van der Waals surface area contributed by atoms with Crippen molar-refractivity contribution in [3.05, 3.63) is 70.7 Å². The van der Waals surface area contributed by atoms with Crippen LogP contribution in [0.5, 0.6) is 0 Å². The smallest absolute Gasteiger partial charge is 0.163 e. The first-order chi connectivity index (χ1) is 10.7. The summed E-state index contributed by atoms with van der Waals surface area (Å²) in [5, 5.41) is 0.732. The van der Waals surface area contributed by atoms with Gasteiger partial charge in [-0.3, -0.25) is 4.79 Å². The summed E-state index contributed by atoms with van der Waals surface area (Å²) in [6.45, 7) is 0.708. The average Bonchev–Trinajstić information content (AvgIpc) is 2.56. The molecule has 2 aromatic rings. The number of ketones is 1. The number of hydrogen-bond acceptors (Lipinski definition) is 2. The first kappa shape index (κ1) is 15.3. The van der Waals surface area contributed by atoms with E-state index in [2.05, 4.69) is 0 Å². The summed E-state index contributed by atoms with van der Waals surface area (Å²) < 4.78 is 5.87. The third-order valence-corrected chi connectivity index (χ3v) is 4.46. The molecule has 0 bridgehead atoms. The molecule has 0 N–H and O–H groups in total. The average molecular weight is 315 g/mol. The summed E-state index contributed by atoms with van der Waals surface area (Å²) in [6.07, 6.45) is 2.50. The van der Waals surface area contributed by atoms with Gasteiger partial charge in [0, 0.05) is 23.6 Å². The molecule has 114 valence electrons. The maximum Gasteiger partial charge on any atom is 0.163 e. The highest BCUT2D eigenvalue weighted by Crippen LogP contribution is 2.34. The summed E-state index contributed by atoms with van der Waals surface area (Å²) in [6, 6.07) is 17.3. The van der Waals surface area contributed by atoms with Gasteiger partial charge in [-0.15, -0.1) is 0 Å². The third-order valence-electron chi connectivity index (χ3n) is 4.20. The van der Waals surface area contributed by atoms with E-state index in [0.29, 0.717) is 18.9 Å². The van der Waals surface area contributed by atoms with Crippen molar-refractivity contribution in [2.24, 2.45) is 5.92 Å². The quantitative estimate of drug-likeness (QED) is 0.735. The van der Waals surface area contributed by atoms with E-state index in [-0.39, 0.29) is 11.9 Å². The van der Waals surface area contributed by atoms with Gasteiger partial charge in [0.25, 0.3) is 0 Å². The number of carbonyl (C=O) groups excluding carboxylic acids is 1. The molecule has 1 aliphatic heterocycles. The summed E-state index contributed by atoms with van der Waals surface area (Å²) in [5.74, 6) is 0.601. The molecule has 1 saturated heterocycles. The van der Waals surface area contributed by atoms with Crippen molar-refractivity contribution in [2.75, 3.05) is 6.61 Å². The second-order valence-electron chi connectivity index (χ2n) is 5.79. The molecular formula is C19H19ClO2. The fraction of sp³-hybridized carbons (Fsp3) is 0.316. The van der Waals surface area contributed by atoms with E-state index in [9.17, 15) is 4.79 Å². The van der Waals surface area contributed by atoms with Crippen LogP contribution in [-0.2, 0) is 4.74 Å². The van der Waals surface area contributed by atoms with Crippen LogP contribution in [0.15, 0.2) is 54.6 Å². The number of hydrogen-bond donors (Lipinski definition) is 0. The van der Waals surface area contributed by atoms with Gasteiger partial charge in [0.1, 0.15) is 0 Å². The molecule has 1 fully saturated rings. The van der Waals surface area contributed by atoms with Crippen LogP contribution in [0.1, 0.15) is 41.3 Å². The van der Waals surface area contributed by atoms with Gasteiger partial charge >= 0.3 is 0 Å². The van der Waals surface area contributed by atoms with E-state index < -0.39 is 0 Å². The lowest BCUT2D eigenvalue weighted by Crippen LogP contribution is -2.22. The second-order valence-corrected chi connectivity index (χ2v) is 6.23. The summed E-state index contributed by atoms with van der Waals surface area (Å²) in [5.41, 5.74) is 1.94. The Balaban J connectivity index is 1.63. The van der Waals surface area contributed by atoms with Gasteiger partial charge in [-0.1, -0.05) is 54.1 Å². The van der Waals surface area contributed by atoms with Gasteiger partial charge in [0.15, 0.2) is 5.78 Å². The minimum atomic E-state index is 0.0691. The van der Waals surface area contributed by atoms with Crippen LogP contribution < -0.4 is 0 Å². The highest BCUT2D eigenvalue weighted by Gasteiger charge is 2.25. The molecule has 0 saturated carbocycles. The normalized spacial score (nSPS) is 21.5. The number of ether oxygens (including phenoxy) is 1. The lowest BCUT2D eigenvalue weighted by Gasteiger charge is -2.29. The van der Waals surface area contributed by atoms with Crippen LogP contribution in [0.25, 0.3) is 0 Å². The van der Waals surface area contributed by atoms with E-state index in [4.69, 9.17) is 16.3 Å². The van der Waals surface area contributed by atoms with Crippen molar-refractivity contribution in [3.63, 3.8) is 0 Å². The molecule has 22 heavy (non-hydrogen) atoms. The molecule has 0 spiro atoms. The highest BCUT2D eigenvalue weighted by molar-refractivity contribution is 6.30. The largest absolute Gasteiger partial charge is 0.374 e. The molecule has 0 aliphatic carbocycles. The predicted molar refractivity (Wildman–Crippen MR) is 88.3 cm³/mol. The Bertz CT molecular complexity index is 622. The van der Waals surface area contributed by atoms with Crippen molar-refractivity contribution in [3.8, 4) is 0 Å². The molecule has 3 heteroatoms. The molecule has 0 unspecified atom stereocenters. The minimum Gasteiger partial charge on any atom is -0.374 e. The molecule has 0 radical (unpaired) electrons. The second kappa shape index (κ2) is 7.08. The van der Waals surface area contributed by atoms with Gasteiger partial charge < -0.3 is 4.74 Å². The molecule has 1 aliphatic rings. The molecule has 0 aromatic heterocycles. The van der Waals surface area contributed by atoms with Crippen LogP contribution in [0.4, 0.5) is 0 Å². The maximum atomic E-state index is 12.3. The molecule has 1 heterocycles. The number of rotatable bonds is 4. The van der Waals surface area contributed by atoms with E-state index >= 15 is 0 Å². The minimum absolute atomic E-state index is 0.0691. The number of Topliss-reactive ketones (excluding diaryl/α,β-unsaturated/α-hetero) is 1. The zero-order chi connectivity index (χ0) is 15.4. The first-order valence-electron chi connectivity index (χ1n) is 7.67. The summed E-state index contributed by atoms with van der Waals surface area (Å²) in [4.78, 5) is 12.3. The number of halogens is 1. The lowest BCUT2D eigenvalue weighted by atomic mass is 9.87. The first-order valence-corrected chi connectivity index (χ1v) is 8.05. The lowest BCUT2D eigenvalue weighted by molar-refractivity contribution is -0.0108. The fourth-order valence-corrected chi connectivity index (χ4v) is 3.09.